The van der Waals surface area contributed by atoms with E-state index in [1.807, 2.05) is 0 Å². The highest BCUT2D eigenvalue weighted by molar-refractivity contribution is 5.78. The Labute approximate surface area is 113 Å². The number of halogens is 1. The van der Waals surface area contributed by atoms with Crippen molar-refractivity contribution in [2.75, 3.05) is 19.6 Å². The van der Waals surface area contributed by atoms with Gasteiger partial charge in [-0.3, -0.25) is 4.79 Å². The van der Waals surface area contributed by atoms with Gasteiger partial charge in [0, 0.05) is 6.54 Å². The summed E-state index contributed by atoms with van der Waals surface area (Å²) in [4.78, 5) is 11.8. The van der Waals surface area contributed by atoms with E-state index in [4.69, 9.17) is 0 Å². The van der Waals surface area contributed by atoms with Gasteiger partial charge < -0.3 is 10.6 Å². The van der Waals surface area contributed by atoms with Crippen molar-refractivity contribution in [3.63, 3.8) is 0 Å². The van der Waals surface area contributed by atoms with Crippen molar-refractivity contribution < 1.29 is 9.18 Å². The molecule has 1 aliphatic heterocycles. The molecule has 1 amide bonds. The van der Waals surface area contributed by atoms with Gasteiger partial charge in [0.2, 0.25) is 5.91 Å². The number of benzene rings is 1. The molecule has 19 heavy (non-hydrogen) atoms. The average molecular weight is 264 g/mol. The minimum atomic E-state index is -0.312. The second-order valence-corrected chi connectivity index (χ2v) is 5.30. The Morgan fingerprint density at radius 3 is 3.00 bits per heavy atom. The van der Waals surface area contributed by atoms with E-state index in [9.17, 15) is 9.18 Å². The summed E-state index contributed by atoms with van der Waals surface area (Å²) in [6.45, 7) is 4.90. The lowest BCUT2D eigenvalue weighted by Gasteiger charge is -2.29. The normalized spacial score (nSPS) is 23.1. The summed E-state index contributed by atoms with van der Waals surface area (Å²) in [6, 6.07) is 6.42. The Balaban J connectivity index is 1.80. The molecule has 104 valence electrons. The Morgan fingerprint density at radius 2 is 2.26 bits per heavy atom. The molecule has 0 radical (unpaired) electrons. The van der Waals surface area contributed by atoms with Crippen molar-refractivity contribution in [1.29, 1.82) is 0 Å². The monoisotopic (exact) mass is 264 g/mol. The van der Waals surface area contributed by atoms with Crippen LogP contribution < -0.4 is 10.6 Å². The zero-order valence-corrected chi connectivity index (χ0v) is 11.3. The van der Waals surface area contributed by atoms with Crippen LogP contribution in [0.15, 0.2) is 24.3 Å². The summed E-state index contributed by atoms with van der Waals surface area (Å²) in [7, 11) is 0. The van der Waals surface area contributed by atoms with Gasteiger partial charge in [0.25, 0.3) is 0 Å². The zero-order chi connectivity index (χ0) is 13.7. The van der Waals surface area contributed by atoms with Gasteiger partial charge in [0.15, 0.2) is 0 Å². The maximum absolute atomic E-state index is 13.4. The number of hydrogen-bond acceptors (Lipinski definition) is 2. The summed E-state index contributed by atoms with van der Waals surface area (Å²) in [5.74, 6) is 0.678. The van der Waals surface area contributed by atoms with E-state index in [0.717, 1.165) is 19.5 Å². The van der Waals surface area contributed by atoms with Gasteiger partial charge in [-0.2, -0.15) is 0 Å². The molecule has 2 rings (SSSR count). The van der Waals surface area contributed by atoms with Gasteiger partial charge in [-0.15, -0.1) is 0 Å². The van der Waals surface area contributed by atoms with Crippen LogP contribution in [0.3, 0.4) is 0 Å². The lowest BCUT2D eigenvalue weighted by atomic mass is 9.88. The molecule has 2 atom stereocenters. The fourth-order valence-electron chi connectivity index (χ4n) is 2.49. The number of amides is 1. The highest BCUT2D eigenvalue weighted by atomic mass is 19.1. The zero-order valence-electron chi connectivity index (χ0n) is 11.3. The maximum atomic E-state index is 13.4. The van der Waals surface area contributed by atoms with Crippen LogP contribution in [0.2, 0.25) is 0 Å². The molecule has 0 saturated carbocycles. The third kappa shape index (κ3) is 4.03. The summed E-state index contributed by atoms with van der Waals surface area (Å²) in [5.41, 5.74) is 0.457. The topological polar surface area (TPSA) is 41.1 Å². The molecule has 2 N–H and O–H groups in total. The van der Waals surface area contributed by atoms with Gasteiger partial charge in [-0.25, -0.2) is 4.39 Å². The van der Waals surface area contributed by atoms with Crippen LogP contribution in [0, 0.1) is 17.7 Å². The largest absolute Gasteiger partial charge is 0.356 e. The Bertz CT molecular complexity index is 436. The van der Waals surface area contributed by atoms with Crippen LogP contribution in [-0.4, -0.2) is 25.5 Å². The minimum Gasteiger partial charge on any atom is -0.356 e. The van der Waals surface area contributed by atoms with Gasteiger partial charge in [0.05, 0.1) is 6.42 Å². The van der Waals surface area contributed by atoms with Crippen molar-refractivity contribution in [1.82, 2.24) is 10.6 Å². The van der Waals surface area contributed by atoms with E-state index < -0.39 is 0 Å². The molecule has 1 aromatic carbocycles. The Kier molecular flexibility index (Phi) is 4.91. The van der Waals surface area contributed by atoms with Crippen molar-refractivity contribution in [2.45, 2.75) is 19.8 Å². The molecule has 0 aliphatic carbocycles. The first-order chi connectivity index (χ1) is 9.16. The lowest BCUT2D eigenvalue weighted by molar-refractivity contribution is -0.120. The van der Waals surface area contributed by atoms with E-state index >= 15 is 0 Å². The summed E-state index contributed by atoms with van der Waals surface area (Å²) < 4.78 is 13.4. The first kappa shape index (κ1) is 14.0. The molecule has 1 saturated heterocycles. The van der Waals surface area contributed by atoms with E-state index in [2.05, 4.69) is 17.6 Å². The number of carbonyl (C=O) groups excluding carboxylic acids is 1. The first-order valence-electron chi connectivity index (χ1n) is 6.87. The van der Waals surface area contributed by atoms with Crippen LogP contribution in [-0.2, 0) is 11.2 Å². The van der Waals surface area contributed by atoms with Crippen LogP contribution in [0.5, 0.6) is 0 Å². The molecule has 1 heterocycles. The third-order valence-electron chi connectivity index (χ3n) is 3.83. The smallest absolute Gasteiger partial charge is 0.224 e. The van der Waals surface area contributed by atoms with Gasteiger partial charge in [-0.1, -0.05) is 25.1 Å². The molecule has 1 fully saturated rings. The fraction of sp³-hybridized carbons (Fsp3) is 0.533. The van der Waals surface area contributed by atoms with Crippen LogP contribution in [0.25, 0.3) is 0 Å². The Morgan fingerprint density at radius 1 is 1.47 bits per heavy atom. The predicted molar refractivity (Wildman–Crippen MR) is 73.3 cm³/mol. The van der Waals surface area contributed by atoms with E-state index in [-0.39, 0.29) is 18.1 Å². The van der Waals surface area contributed by atoms with E-state index in [1.165, 1.54) is 6.07 Å². The van der Waals surface area contributed by atoms with E-state index in [1.54, 1.807) is 18.2 Å². The molecule has 1 aromatic rings. The van der Waals surface area contributed by atoms with Crippen molar-refractivity contribution in [2.24, 2.45) is 11.8 Å². The summed E-state index contributed by atoms with van der Waals surface area (Å²) in [6.07, 6.45) is 1.20. The molecule has 1 aliphatic rings. The fourth-order valence-corrected chi connectivity index (χ4v) is 2.49. The third-order valence-corrected chi connectivity index (χ3v) is 3.83. The lowest BCUT2D eigenvalue weighted by Crippen LogP contribution is -2.41. The van der Waals surface area contributed by atoms with E-state index in [0.29, 0.717) is 23.9 Å². The molecule has 0 bridgehead atoms. The average Bonchev–Trinajstić information content (AvgIpc) is 2.40. The number of hydrogen-bond donors (Lipinski definition) is 2. The molecular weight excluding hydrogens is 243 g/mol. The Hall–Kier alpha value is -1.42. The van der Waals surface area contributed by atoms with Crippen LogP contribution in [0.4, 0.5) is 4.39 Å². The molecule has 2 unspecified atom stereocenters. The second kappa shape index (κ2) is 6.66. The van der Waals surface area contributed by atoms with Crippen LogP contribution >= 0.6 is 0 Å². The van der Waals surface area contributed by atoms with Crippen molar-refractivity contribution >= 4 is 5.91 Å². The van der Waals surface area contributed by atoms with Gasteiger partial charge >= 0.3 is 0 Å². The SMILES string of the molecule is CC1CNCCC1CNC(=O)Cc1ccccc1F. The standard InChI is InChI=1S/C15H21FN2O/c1-11-9-17-7-6-13(11)10-18-15(19)8-12-4-2-3-5-14(12)16/h2-5,11,13,17H,6-10H2,1H3,(H,18,19). The molecular formula is C15H21FN2O. The number of rotatable bonds is 4. The van der Waals surface area contributed by atoms with Gasteiger partial charge in [-0.05, 0) is 43.0 Å². The quantitative estimate of drug-likeness (QED) is 0.869. The highest BCUT2D eigenvalue weighted by Crippen LogP contribution is 2.17. The van der Waals surface area contributed by atoms with Crippen LogP contribution in [0.1, 0.15) is 18.9 Å². The molecule has 3 nitrogen and oxygen atoms in total. The number of nitrogens with one attached hydrogen (secondary N) is 2. The minimum absolute atomic E-state index is 0.101. The van der Waals surface area contributed by atoms with Crippen molar-refractivity contribution in [3.05, 3.63) is 35.6 Å². The number of piperidine rings is 1. The summed E-state index contributed by atoms with van der Waals surface area (Å²) >= 11 is 0. The molecule has 4 heteroatoms. The highest BCUT2D eigenvalue weighted by Gasteiger charge is 2.21. The predicted octanol–water partition coefficient (Wildman–Crippen LogP) is 1.73. The number of carbonyl (C=O) groups is 1. The maximum Gasteiger partial charge on any atom is 0.224 e. The molecule has 0 spiro atoms. The summed E-state index contributed by atoms with van der Waals surface area (Å²) in [5, 5.41) is 6.26. The molecule has 0 aromatic heterocycles. The first-order valence-corrected chi connectivity index (χ1v) is 6.87. The second-order valence-electron chi connectivity index (χ2n) is 5.30. The van der Waals surface area contributed by atoms with Gasteiger partial charge in [0.1, 0.15) is 5.82 Å². The van der Waals surface area contributed by atoms with Crippen molar-refractivity contribution in [3.8, 4) is 0 Å².